The monoisotopic (exact) mass is 299 g/mol. The quantitative estimate of drug-likeness (QED) is 0.583. The molecular formula is C16H33N3O2. The third-order valence-corrected chi connectivity index (χ3v) is 4.07. The molecule has 0 aromatic carbocycles. The molecule has 1 saturated carbocycles. The Labute approximate surface area is 130 Å². The second-order valence-electron chi connectivity index (χ2n) is 6.64. The zero-order valence-electron chi connectivity index (χ0n) is 14.4. The van der Waals surface area contributed by atoms with E-state index in [1.165, 1.54) is 20.0 Å². The highest BCUT2D eigenvalue weighted by Crippen LogP contribution is 2.25. The van der Waals surface area contributed by atoms with E-state index in [1.54, 1.807) is 0 Å². The zero-order valence-corrected chi connectivity index (χ0v) is 14.4. The second kappa shape index (κ2) is 8.71. The van der Waals surface area contributed by atoms with Gasteiger partial charge >= 0.3 is 5.97 Å². The number of methoxy groups -OCH3 is 1. The van der Waals surface area contributed by atoms with E-state index in [2.05, 4.69) is 36.1 Å². The van der Waals surface area contributed by atoms with E-state index < -0.39 is 5.54 Å². The Hall–Kier alpha value is -0.650. The number of ether oxygens (including phenoxy) is 1. The van der Waals surface area contributed by atoms with Crippen molar-refractivity contribution in [1.29, 1.82) is 0 Å². The normalized spacial score (nSPS) is 18.0. The number of hydrogen-bond donors (Lipinski definition) is 1. The van der Waals surface area contributed by atoms with Gasteiger partial charge in [-0.2, -0.15) is 0 Å². The Bertz CT molecular complexity index is 319. The fraction of sp³-hybridized carbons (Fsp3) is 0.938. The molecule has 5 heteroatoms. The van der Waals surface area contributed by atoms with Crippen molar-refractivity contribution in [1.82, 2.24) is 15.1 Å². The van der Waals surface area contributed by atoms with Crippen LogP contribution in [-0.2, 0) is 9.53 Å². The standard InChI is InChI=1S/C16H33N3O2/c1-6-10-19(13-12-18(3)4)11-9-16(2,15(20)21-5)17-14-7-8-14/h14,17H,6-13H2,1-5H3. The zero-order chi connectivity index (χ0) is 15.9. The Balaban J connectivity index is 2.52. The van der Waals surface area contributed by atoms with E-state index >= 15 is 0 Å². The van der Waals surface area contributed by atoms with Crippen molar-refractivity contribution in [3.8, 4) is 0 Å². The molecule has 1 aliphatic rings. The van der Waals surface area contributed by atoms with Crippen LogP contribution in [0.2, 0.25) is 0 Å². The molecule has 1 atom stereocenters. The number of nitrogens with zero attached hydrogens (tertiary/aromatic N) is 2. The predicted octanol–water partition coefficient (Wildman–Crippen LogP) is 1.33. The van der Waals surface area contributed by atoms with E-state index in [-0.39, 0.29) is 5.97 Å². The van der Waals surface area contributed by atoms with Crippen LogP contribution in [0, 0.1) is 0 Å². The molecule has 1 aliphatic carbocycles. The molecule has 0 saturated heterocycles. The topological polar surface area (TPSA) is 44.8 Å². The Morgan fingerprint density at radius 2 is 1.90 bits per heavy atom. The van der Waals surface area contributed by atoms with Crippen LogP contribution in [0.25, 0.3) is 0 Å². The van der Waals surface area contributed by atoms with Crippen LogP contribution < -0.4 is 5.32 Å². The highest BCUT2D eigenvalue weighted by Gasteiger charge is 2.39. The van der Waals surface area contributed by atoms with Crippen LogP contribution in [0.1, 0.15) is 39.5 Å². The molecule has 1 unspecified atom stereocenters. The first kappa shape index (κ1) is 18.4. The van der Waals surface area contributed by atoms with Gasteiger partial charge in [-0.05, 0) is 53.2 Å². The summed E-state index contributed by atoms with van der Waals surface area (Å²) in [5.41, 5.74) is -0.556. The molecular weight excluding hydrogens is 266 g/mol. The van der Waals surface area contributed by atoms with E-state index in [9.17, 15) is 4.79 Å². The molecule has 0 amide bonds. The lowest BCUT2D eigenvalue weighted by atomic mass is 9.97. The minimum absolute atomic E-state index is 0.140. The summed E-state index contributed by atoms with van der Waals surface area (Å²) >= 11 is 0. The maximum Gasteiger partial charge on any atom is 0.325 e. The van der Waals surface area contributed by atoms with E-state index in [0.717, 1.165) is 39.0 Å². The van der Waals surface area contributed by atoms with Crippen LogP contribution in [0.4, 0.5) is 0 Å². The molecule has 0 aromatic rings. The first-order chi connectivity index (χ1) is 9.91. The summed E-state index contributed by atoms with van der Waals surface area (Å²) in [5, 5.41) is 3.47. The van der Waals surface area contributed by atoms with Gasteiger partial charge in [0.05, 0.1) is 7.11 Å². The van der Waals surface area contributed by atoms with Gasteiger partial charge in [0.2, 0.25) is 0 Å². The van der Waals surface area contributed by atoms with Gasteiger partial charge in [-0.3, -0.25) is 10.1 Å². The van der Waals surface area contributed by atoms with Crippen molar-refractivity contribution < 1.29 is 9.53 Å². The summed E-state index contributed by atoms with van der Waals surface area (Å²) in [6.07, 6.45) is 4.28. The molecule has 1 N–H and O–H groups in total. The van der Waals surface area contributed by atoms with Gasteiger partial charge in [-0.1, -0.05) is 6.92 Å². The van der Waals surface area contributed by atoms with E-state index in [0.29, 0.717) is 6.04 Å². The number of likely N-dealkylation sites (N-methyl/N-ethyl adjacent to an activating group) is 1. The number of carbonyl (C=O) groups excluding carboxylic acids is 1. The highest BCUT2D eigenvalue weighted by atomic mass is 16.5. The summed E-state index contributed by atoms with van der Waals surface area (Å²) in [4.78, 5) is 16.8. The first-order valence-corrected chi connectivity index (χ1v) is 8.14. The number of rotatable bonds is 11. The molecule has 0 bridgehead atoms. The number of hydrogen-bond acceptors (Lipinski definition) is 5. The van der Waals surface area contributed by atoms with Gasteiger partial charge < -0.3 is 14.5 Å². The molecule has 1 fully saturated rings. The SMILES string of the molecule is CCCN(CCN(C)C)CCC(C)(NC1CC1)C(=O)OC. The Morgan fingerprint density at radius 3 is 2.38 bits per heavy atom. The predicted molar refractivity (Wildman–Crippen MR) is 86.5 cm³/mol. The number of carbonyl (C=O) groups is 1. The van der Waals surface area contributed by atoms with E-state index in [4.69, 9.17) is 4.74 Å². The lowest BCUT2D eigenvalue weighted by molar-refractivity contribution is -0.148. The van der Waals surface area contributed by atoms with Crippen molar-refractivity contribution in [2.75, 3.05) is 47.4 Å². The van der Waals surface area contributed by atoms with Crippen molar-refractivity contribution in [3.05, 3.63) is 0 Å². The first-order valence-electron chi connectivity index (χ1n) is 8.14. The number of nitrogens with one attached hydrogen (secondary N) is 1. The molecule has 124 valence electrons. The third kappa shape index (κ3) is 6.76. The maximum absolute atomic E-state index is 12.1. The third-order valence-electron chi connectivity index (χ3n) is 4.07. The molecule has 0 heterocycles. The van der Waals surface area contributed by atoms with Crippen LogP contribution in [0.3, 0.4) is 0 Å². The van der Waals surface area contributed by atoms with Gasteiger partial charge in [0.1, 0.15) is 5.54 Å². The average Bonchev–Trinajstić information content (AvgIpc) is 3.24. The average molecular weight is 299 g/mol. The van der Waals surface area contributed by atoms with Crippen LogP contribution in [0.5, 0.6) is 0 Å². The van der Waals surface area contributed by atoms with Crippen LogP contribution >= 0.6 is 0 Å². The Kier molecular flexibility index (Phi) is 7.63. The largest absolute Gasteiger partial charge is 0.468 e. The minimum atomic E-state index is -0.556. The van der Waals surface area contributed by atoms with Crippen LogP contribution in [-0.4, -0.2) is 74.7 Å². The molecule has 0 aromatic heterocycles. The summed E-state index contributed by atoms with van der Waals surface area (Å²) in [5.74, 6) is -0.140. The fourth-order valence-electron chi connectivity index (χ4n) is 2.51. The molecule has 5 nitrogen and oxygen atoms in total. The molecule has 1 rings (SSSR count). The van der Waals surface area contributed by atoms with Gasteiger partial charge in [-0.15, -0.1) is 0 Å². The summed E-state index contributed by atoms with van der Waals surface area (Å²) < 4.78 is 5.01. The molecule has 0 aliphatic heterocycles. The van der Waals surface area contributed by atoms with Crippen molar-refractivity contribution in [3.63, 3.8) is 0 Å². The maximum atomic E-state index is 12.1. The van der Waals surface area contributed by atoms with Crippen molar-refractivity contribution in [2.45, 2.75) is 51.1 Å². The Morgan fingerprint density at radius 1 is 1.24 bits per heavy atom. The lowest BCUT2D eigenvalue weighted by Crippen LogP contribution is -2.53. The summed E-state index contributed by atoms with van der Waals surface area (Å²) in [7, 11) is 5.67. The van der Waals surface area contributed by atoms with Gasteiger partial charge in [0, 0.05) is 25.7 Å². The van der Waals surface area contributed by atoms with Crippen LogP contribution in [0.15, 0.2) is 0 Å². The minimum Gasteiger partial charge on any atom is -0.468 e. The summed E-state index contributed by atoms with van der Waals surface area (Å²) in [6, 6.07) is 0.496. The van der Waals surface area contributed by atoms with Crippen molar-refractivity contribution >= 4 is 5.97 Å². The second-order valence-corrected chi connectivity index (χ2v) is 6.64. The van der Waals surface area contributed by atoms with E-state index in [1.807, 2.05) is 6.92 Å². The van der Waals surface area contributed by atoms with Gasteiger partial charge in [-0.25, -0.2) is 0 Å². The molecule has 21 heavy (non-hydrogen) atoms. The molecule has 0 spiro atoms. The fourth-order valence-corrected chi connectivity index (χ4v) is 2.51. The summed E-state index contributed by atoms with van der Waals surface area (Å²) in [6.45, 7) is 8.27. The lowest BCUT2D eigenvalue weighted by Gasteiger charge is -2.31. The smallest absolute Gasteiger partial charge is 0.325 e. The molecule has 0 radical (unpaired) electrons. The van der Waals surface area contributed by atoms with Crippen molar-refractivity contribution in [2.24, 2.45) is 0 Å². The highest BCUT2D eigenvalue weighted by molar-refractivity contribution is 5.80. The number of esters is 1. The van der Waals surface area contributed by atoms with Gasteiger partial charge in [0.25, 0.3) is 0 Å². The van der Waals surface area contributed by atoms with Gasteiger partial charge in [0.15, 0.2) is 0 Å².